The minimum atomic E-state index is -3.57. The lowest BCUT2D eigenvalue weighted by Gasteiger charge is -2.40. The number of thioether (sulfide) groups is 1. The number of rotatable bonds is 6. The summed E-state index contributed by atoms with van der Waals surface area (Å²) in [7, 11) is -3.57. The zero-order chi connectivity index (χ0) is 20.3. The lowest BCUT2D eigenvalue weighted by atomic mass is 10.1. The van der Waals surface area contributed by atoms with E-state index in [9.17, 15) is 8.42 Å². The number of fused-ring (bicyclic) bond motifs is 1. The molecule has 0 bridgehead atoms. The fraction of sp³-hybridized carbons (Fsp3) is 0.455. The Hall–Kier alpha value is -0.860. The average molecular weight is 497 g/mol. The summed E-state index contributed by atoms with van der Waals surface area (Å²) in [5.74, 6) is 0.816. The van der Waals surface area contributed by atoms with Crippen LogP contribution < -0.4 is 3.89 Å². The Kier molecular flexibility index (Phi) is 6.71. The first-order valence-corrected chi connectivity index (χ1v) is 13.6. The number of hydrogen-bond donors (Lipinski definition) is 0. The molecule has 4 rings (SSSR count). The summed E-state index contributed by atoms with van der Waals surface area (Å²) in [5, 5.41) is 0. The third-order valence-corrected chi connectivity index (χ3v) is 9.95. The van der Waals surface area contributed by atoms with Crippen molar-refractivity contribution in [3.63, 3.8) is 0 Å². The van der Waals surface area contributed by atoms with Crippen molar-refractivity contribution < 1.29 is 8.42 Å². The number of quaternary nitrogens is 1. The molecule has 0 N–H and O–H groups in total. The van der Waals surface area contributed by atoms with Crippen LogP contribution in [0.3, 0.4) is 0 Å². The van der Waals surface area contributed by atoms with Crippen LogP contribution in [0.15, 0.2) is 62.8 Å². The first kappa shape index (κ1) is 21.4. The minimum absolute atomic E-state index is 0.0334. The van der Waals surface area contributed by atoms with E-state index in [0.29, 0.717) is 18.0 Å². The van der Waals surface area contributed by atoms with Crippen molar-refractivity contribution in [1.82, 2.24) is 8.79 Å². The summed E-state index contributed by atoms with van der Waals surface area (Å²) in [6.07, 6.45) is 4.72. The van der Waals surface area contributed by atoms with E-state index in [1.807, 2.05) is 30.3 Å². The van der Waals surface area contributed by atoms with E-state index in [1.165, 1.54) is 19.3 Å². The van der Waals surface area contributed by atoms with Gasteiger partial charge in [-0.05, 0) is 56.3 Å². The van der Waals surface area contributed by atoms with Crippen LogP contribution in [0, 0.1) is 0 Å². The molecule has 0 aromatic heterocycles. The van der Waals surface area contributed by atoms with Crippen molar-refractivity contribution in [2.75, 3.05) is 38.5 Å². The molecule has 2 aliphatic rings. The monoisotopic (exact) mass is 495 g/mol. The smallest absolute Gasteiger partial charge is 0.303 e. The van der Waals surface area contributed by atoms with Crippen LogP contribution in [0.25, 0.3) is 0 Å². The van der Waals surface area contributed by atoms with Crippen LogP contribution in [0.5, 0.6) is 0 Å². The van der Waals surface area contributed by atoms with Gasteiger partial charge in [0, 0.05) is 29.3 Å². The molecule has 0 aliphatic carbocycles. The molecule has 1 saturated heterocycles. The van der Waals surface area contributed by atoms with Crippen molar-refractivity contribution in [2.24, 2.45) is 0 Å². The van der Waals surface area contributed by atoms with Crippen molar-refractivity contribution in [1.29, 1.82) is 0 Å². The molecule has 1 unspecified atom stereocenters. The van der Waals surface area contributed by atoms with Gasteiger partial charge >= 0.3 is 10.0 Å². The lowest BCUT2D eigenvalue weighted by molar-refractivity contribution is 0.220. The van der Waals surface area contributed by atoms with Crippen LogP contribution in [-0.4, -0.2) is 51.8 Å². The number of halogens is 1. The maximum Gasteiger partial charge on any atom is 0.332 e. The summed E-state index contributed by atoms with van der Waals surface area (Å²) in [4.78, 5) is 3.99. The number of likely N-dealkylation sites (tertiary alicyclic amines) is 1. The Bertz CT molecular complexity index is 944. The Morgan fingerprint density at radius 3 is 2.48 bits per heavy atom. The summed E-state index contributed by atoms with van der Waals surface area (Å²) in [5.41, 5.74) is 0.935. The van der Waals surface area contributed by atoms with Crippen molar-refractivity contribution in [3.8, 4) is 0 Å². The highest BCUT2D eigenvalue weighted by atomic mass is 79.9. The van der Waals surface area contributed by atoms with Gasteiger partial charge in [0.1, 0.15) is 11.4 Å². The van der Waals surface area contributed by atoms with Crippen molar-refractivity contribution >= 4 is 43.4 Å². The fourth-order valence-corrected chi connectivity index (χ4v) is 8.11. The molecule has 7 heteroatoms. The zero-order valence-electron chi connectivity index (χ0n) is 16.6. The van der Waals surface area contributed by atoms with E-state index >= 15 is 0 Å². The molecule has 2 aliphatic heterocycles. The molecule has 0 radical (unpaired) electrons. The maximum atomic E-state index is 14.0. The maximum absolute atomic E-state index is 14.0. The van der Waals surface area contributed by atoms with E-state index in [2.05, 4.69) is 26.9 Å². The number of piperidine rings is 1. The molecule has 0 spiro atoms. The molecule has 4 nitrogen and oxygen atoms in total. The number of sulfonamides is 1. The summed E-state index contributed by atoms with van der Waals surface area (Å²) in [6.45, 7) is 4.50. The second-order valence-electron chi connectivity index (χ2n) is 7.84. The van der Waals surface area contributed by atoms with Crippen LogP contribution in [0.2, 0.25) is 0 Å². The first-order valence-electron chi connectivity index (χ1n) is 10.4. The van der Waals surface area contributed by atoms with Gasteiger partial charge in [-0.3, -0.25) is 0 Å². The third kappa shape index (κ3) is 4.30. The normalized spacial score (nSPS) is 22.9. The molecule has 1 atom stereocenters. The molecular formula is C22H28BrN2O2S2+. The topological polar surface area (TPSA) is 37.4 Å². The molecule has 29 heavy (non-hydrogen) atoms. The lowest BCUT2D eigenvalue weighted by Crippen LogP contribution is -2.57. The predicted octanol–water partition coefficient (Wildman–Crippen LogP) is 5.13. The van der Waals surface area contributed by atoms with E-state index < -0.39 is 10.0 Å². The van der Waals surface area contributed by atoms with Crippen molar-refractivity contribution in [3.05, 3.63) is 53.0 Å². The summed E-state index contributed by atoms with van der Waals surface area (Å²) >= 11 is 5.19. The summed E-state index contributed by atoms with van der Waals surface area (Å²) in [6, 6.07) is 15.2. The highest BCUT2D eigenvalue weighted by Gasteiger charge is 2.48. The summed E-state index contributed by atoms with van der Waals surface area (Å²) < 4.78 is 28.9. The second kappa shape index (κ2) is 9.10. The van der Waals surface area contributed by atoms with Gasteiger partial charge in [0.2, 0.25) is 0 Å². The SMILES string of the molecule is O=S(=O)(c1ccc(Br)cc1)[N+]1(CCCN2CCCCC2)CCSc2ccccc21. The van der Waals surface area contributed by atoms with Crippen LogP contribution >= 0.6 is 27.7 Å². The number of nitrogens with zero attached hydrogens (tertiary/aromatic N) is 2. The Labute approximate surface area is 187 Å². The predicted molar refractivity (Wildman–Crippen MR) is 125 cm³/mol. The van der Waals surface area contributed by atoms with Crippen LogP contribution in [0.4, 0.5) is 5.69 Å². The number of hydrogen-bond acceptors (Lipinski definition) is 4. The first-order chi connectivity index (χ1) is 14.0. The minimum Gasteiger partial charge on any atom is -0.303 e. The molecule has 2 aromatic rings. The van der Waals surface area contributed by atoms with E-state index in [4.69, 9.17) is 0 Å². The average Bonchev–Trinajstić information content (AvgIpc) is 2.75. The van der Waals surface area contributed by atoms with Gasteiger partial charge in [-0.1, -0.05) is 34.5 Å². The van der Waals surface area contributed by atoms with Gasteiger partial charge in [-0.25, -0.2) is 0 Å². The van der Waals surface area contributed by atoms with E-state index in [1.54, 1.807) is 23.9 Å². The highest BCUT2D eigenvalue weighted by molar-refractivity contribution is 9.10. The van der Waals surface area contributed by atoms with E-state index in [0.717, 1.165) is 46.9 Å². The molecule has 1 fully saturated rings. The highest BCUT2D eigenvalue weighted by Crippen LogP contribution is 2.43. The molecular weight excluding hydrogens is 468 g/mol. The zero-order valence-corrected chi connectivity index (χ0v) is 19.8. The Morgan fingerprint density at radius 1 is 1.00 bits per heavy atom. The Balaban J connectivity index is 1.69. The van der Waals surface area contributed by atoms with Gasteiger partial charge in [0.15, 0.2) is 5.69 Å². The number of benzene rings is 2. The quantitative estimate of drug-likeness (QED) is 0.520. The van der Waals surface area contributed by atoms with Crippen LogP contribution in [0.1, 0.15) is 25.7 Å². The van der Waals surface area contributed by atoms with Gasteiger partial charge in [0.05, 0.1) is 11.4 Å². The fourth-order valence-electron chi connectivity index (χ4n) is 4.48. The third-order valence-electron chi connectivity index (χ3n) is 6.03. The number of para-hydroxylation sites is 1. The van der Waals surface area contributed by atoms with Crippen molar-refractivity contribution in [2.45, 2.75) is 35.5 Å². The molecule has 0 amide bonds. The molecule has 156 valence electrons. The molecule has 2 aromatic carbocycles. The van der Waals surface area contributed by atoms with Gasteiger partial charge in [-0.15, -0.1) is 11.8 Å². The molecule has 2 heterocycles. The largest absolute Gasteiger partial charge is 0.332 e. The standard InChI is InChI=1S/C22H28BrN2O2S2/c23-19-9-11-20(12-10-19)29(26,27)25(16-6-15-24-13-4-1-5-14-24)17-18-28-22-8-3-2-7-21(22)25/h2-3,7-12H,1,4-6,13-18H2/q+1. The van der Waals surface area contributed by atoms with Gasteiger partial charge < -0.3 is 4.90 Å². The van der Waals surface area contributed by atoms with Gasteiger partial charge in [-0.2, -0.15) is 12.3 Å². The van der Waals surface area contributed by atoms with Crippen LogP contribution in [-0.2, 0) is 10.0 Å². The Morgan fingerprint density at radius 2 is 1.72 bits per heavy atom. The van der Waals surface area contributed by atoms with E-state index in [-0.39, 0.29) is 3.89 Å². The second-order valence-corrected chi connectivity index (χ2v) is 12.0. The van der Waals surface area contributed by atoms with Gasteiger partial charge in [0.25, 0.3) is 0 Å². The molecule has 0 saturated carbocycles.